The van der Waals surface area contributed by atoms with Crippen molar-refractivity contribution in [3.8, 4) is 0 Å². The van der Waals surface area contributed by atoms with Gasteiger partial charge in [-0.1, -0.05) is 6.58 Å². The van der Waals surface area contributed by atoms with Crippen molar-refractivity contribution in [3.05, 3.63) is 12.8 Å². The van der Waals surface area contributed by atoms with Gasteiger partial charge in [-0.15, -0.1) is 0 Å². The van der Waals surface area contributed by atoms with Crippen molar-refractivity contribution < 1.29 is 4.39 Å². The number of nitrogens with one attached hydrogen (secondary N) is 1. The predicted molar refractivity (Wildman–Crippen MR) is 49.2 cm³/mol. The van der Waals surface area contributed by atoms with Crippen LogP contribution in [0.1, 0.15) is 19.8 Å². The van der Waals surface area contributed by atoms with Crippen molar-refractivity contribution in [2.24, 2.45) is 4.99 Å². The zero-order valence-electron chi connectivity index (χ0n) is 7.44. The van der Waals surface area contributed by atoms with E-state index in [2.05, 4.69) is 16.9 Å². The third-order valence-electron chi connectivity index (χ3n) is 2.27. The number of hydrogen-bond donors (Lipinski definition) is 1. The van der Waals surface area contributed by atoms with E-state index in [-0.39, 0.29) is 0 Å². The second kappa shape index (κ2) is 3.81. The molecule has 0 amide bonds. The molecule has 0 aromatic heterocycles. The average molecular weight is 170 g/mol. The van der Waals surface area contributed by atoms with Crippen LogP contribution in [0.4, 0.5) is 4.39 Å². The van der Waals surface area contributed by atoms with Gasteiger partial charge in [0.25, 0.3) is 0 Å². The molecule has 1 rings (SSSR count). The molecule has 1 fully saturated rings. The van der Waals surface area contributed by atoms with Crippen LogP contribution in [0.3, 0.4) is 0 Å². The Hall–Kier alpha value is -0.700. The third-order valence-corrected chi connectivity index (χ3v) is 2.27. The average Bonchev–Trinajstić information content (AvgIpc) is 2.06. The quantitative estimate of drug-likeness (QED) is 0.626. The maximum Gasteiger partial charge on any atom is 0.160 e. The highest BCUT2D eigenvalue weighted by Gasteiger charge is 2.34. The summed E-state index contributed by atoms with van der Waals surface area (Å²) in [6, 6.07) is 0. The Labute approximate surface area is 72.6 Å². The lowest BCUT2D eigenvalue weighted by atomic mass is 9.92. The predicted octanol–water partition coefficient (Wildman–Crippen LogP) is 1.68. The Bertz CT molecular complexity index is 193. The van der Waals surface area contributed by atoms with Gasteiger partial charge in [-0.3, -0.25) is 4.99 Å². The molecular formula is C9H15FN2. The smallest absolute Gasteiger partial charge is 0.160 e. The Morgan fingerprint density at radius 3 is 3.00 bits per heavy atom. The molecule has 12 heavy (non-hydrogen) atoms. The van der Waals surface area contributed by atoms with Gasteiger partial charge in [-0.05, 0) is 26.3 Å². The van der Waals surface area contributed by atoms with Crippen molar-refractivity contribution in [1.82, 2.24) is 5.32 Å². The number of rotatable bonds is 2. The summed E-state index contributed by atoms with van der Waals surface area (Å²) in [4.78, 5) is 3.89. The SMILES string of the molecule is C=C/N=C(\C)C1(F)CCCNC1. The molecule has 0 aromatic carbocycles. The van der Waals surface area contributed by atoms with E-state index >= 15 is 0 Å². The highest BCUT2D eigenvalue weighted by Crippen LogP contribution is 2.22. The van der Waals surface area contributed by atoms with Gasteiger partial charge >= 0.3 is 0 Å². The lowest BCUT2D eigenvalue weighted by molar-refractivity contribution is 0.200. The Balaban J connectivity index is 2.68. The Morgan fingerprint density at radius 1 is 1.75 bits per heavy atom. The summed E-state index contributed by atoms with van der Waals surface area (Å²) in [6.45, 7) is 6.46. The maximum absolute atomic E-state index is 13.9. The molecule has 1 aliphatic rings. The first-order valence-corrected chi connectivity index (χ1v) is 4.24. The standard InChI is InChI=1S/C9H15FN2/c1-3-12-8(2)9(10)5-4-6-11-7-9/h3,11H,1,4-7H2,2H3/b12-8+. The molecular weight excluding hydrogens is 155 g/mol. The number of hydrogen-bond acceptors (Lipinski definition) is 2. The summed E-state index contributed by atoms with van der Waals surface area (Å²) in [5.41, 5.74) is -0.711. The first-order valence-electron chi connectivity index (χ1n) is 4.24. The molecule has 1 atom stereocenters. The second-order valence-electron chi connectivity index (χ2n) is 3.14. The topological polar surface area (TPSA) is 24.4 Å². The van der Waals surface area contributed by atoms with Crippen LogP contribution in [0.2, 0.25) is 0 Å². The molecule has 0 aromatic rings. The molecule has 0 saturated carbocycles. The normalized spacial score (nSPS) is 31.7. The van der Waals surface area contributed by atoms with Gasteiger partial charge in [0.1, 0.15) is 0 Å². The number of nitrogens with zero attached hydrogens (tertiary/aromatic N) is 1. The van der Waals surface area contributed by atoms with Crippen LogP contribution in [-0.4, -0.2) is 24.5 Å². The highest BCUT2D eigenvalue weighted by molar-refractivity contribution is 5.91. The Kier molecular flexibility index (Phi) is 2.98. The van der Waals surface area contributed by atoms with E-state index < -0.39 is 5.67 Å². The van der Waals surface area contributed by atoms with Crippen molar-refractivity contribution in [2.75, 3.05) is 13.1 Å². The molecule has 1 saturated heterocycles. The molecule has 0 radical (unpaired) electrons. The fourth-order valence-electron chi connectivity index (χ4n) is 1.43. The summed E-state index contributed by atoms with van der Waals surface area (Å²) >= 11 is 0. The van der Waals surface area contributed by atoms with E-state index in [0.717, 1.165) is 13.0 Å². The minimum Gasteiger partial charge on any atom is -0.313 e. The highest BCUT2D eigenvalue weighted by atomic mass is 19.1. The molecule has 1 heterocycles. The molecule has 68 valence electrons. The molecule has 1 N–H and O–H groups in total. The summed E-state index contributed by atoms with van der Waals surface area (Å²) in [7, 11) is 0. The molecule has 0 bridgehead atoms. The molecule has 3 heteroatoms. The first-order chi connectivity index (χ1) is 5.69. The fraction of sp³-hybridized carbons (Fsp3) is 0.667. The van der Waals surface area contributed by atoms with Crippen molar-refractivity contribution in [2.45, 2.75) is 25.4 Å². The van der Waals surface area contributed by atoms with Crippen LogP contribution in [0, 0.1) is 0 Å². The number of halogens is 1. The van der Waals surface area contributed by atoms with E-state index in [9.17, 15) is 4.39 Å². The van der Waals surface area contributed by atoms with Crippen LogP contribution in [0.5, 0.6) is 0 Å². The van der Waals surface area contributed by atoms with Crippen molar-refractivity contribution in [1.29, 1.82) is 0 Å². The lowest BCUT2D eigenvalue weighted by Gasteiger charge is -2.29. The summed E-state index contributed by atoms with van der Waals surface area (Å²) in [5.74, 6) is 0. The molecule has 1 unspecified atom stereocenters. The van der Waals surface area contributed by atoms with Gasteiger partial charge in [0.2, 0.25) is 0 Å². The zero-order valence-corrected chi connectivity index (χ0v) is 7.44. The minimum absolute atomic E-state index is 0.385. The molecule has 0 aliphatic carbocycles. The zero-order chi connectivity index (χ0) is 9.03. The van der Waals surface area contributed by atoms with Gasteiger partial charge in [0.15, 0.2) is 5.67 Å². The maximum atomic E-state index is 13.9. The fourth-order valence-corrected chi connectivity index (χ4v) is 1.43. The van der Waals surface area contributed by atoms with Gasteiger partial charge in [-0.2, -0.15) is 0 Å². The van der Waals surface area contributed by atoms with Crippen LogP contribution in [0.15, 0.2) is 17.8 Å². The summed E-state index contributed by atoms with van der Waals surface area (Å²) in [5, 5.41) is 3.02. The summed E-state index contributed by atoms with van der Waals surface area (Å²) in [6.07, 6.45) is 2.84. The second-order valence-corrected chi connectivity index (χ2v) is 3.14. The Morgan fingerprint density at radius 2 is 2.50 bits per heavy atom. The molecule has 0 spiro atoms. The van der Waals surface area contributed by atoms with Crippen LogP contribution >= 0.6 is 0 Å². The molecule has 2 nitrogen and oxygen atoms in total. The number of alkyl halides is 1. The largest absolute Gasteiger partial charge is 0.313 e. The van der Waals surface area contributed by atoms with Gasteiger partial charge < -0.3 is 5.32 Å². The van der Waals surface area contributed by atoms with Gasteiger partial charge in [0, 0.05) is 12.7 Å². The van der Waals surface area contributed by atoms with E-state index in [0.29, 0.717) is 18.7 Å². The van der Waals surface area contributed by atoms with Crippen LogP contribution in [-0.2, 0) is 0 Å². The van der Waals surface area contributed by atoms with E-state index in [1.165, 1.54) is 6.20 Å². The summed E-state index contributed by atoms with van der Waals surface area (Å²) < 4.78 is 13.9. The van der Waals surface area contributed by atoms with E-state index in [1.54, 1.807) is 6.92 Å². The van der Waals surface area contributed by atoms with Crippen LogP contribution in [0.25, 0.3) is 0 Å². The van der Waals surface area contributed by atoms with Crippen molar-refractivity contribution in [3.63, 3.8) is 0 Å². The van der Waals surface area contributed by atoms with Gasteiger partial charge in [-0.25, -0.2) is 4.39 Å². The minimum atomic E-state index is -1.24. The van der Waals surface area contributed by atoms with Crippen molar-refractivity contribution >= 4 is 5.71 Å². The number of aliphatic imine (C=N–C) groups is 1. The molecule has 1 aliphatic heterocycles. The number of piperidine rings is 1. The van der Waals surface area contributed by atoms with Gasteiger partial charge in [0.05, 0.1) is 5.71 Å². The van der Waals surface area contributed by atoms with E-state index in [1.807, 2.05) is 0 Å². The lowest BCUT2D eigenvalue weighted by Crippen LogP contribution is -2.47. The van der Waals surface area contributed by atoms with Crippen LogP contribution < -0.4 is 5.32 Å². The first kappa shape index (κ1) is 9.39. The monoisotopic (exact) mass is 170 g/mol. The van der Waals surface area contributed by atoms with E-state index in [4.69, 9.17) is 0 Å². The third kappa shape index (κ3) is 1.91.